The van der Waals surface area contributed by atoms with Crippen molar-refractivity contribution in [3.05, 3.63) is 76.2 Å². The van der Waals surface area contributed by atoms with Crippen LogP contribution in [0.2, 0.25) is 0 Å². The molecule has 1 N–H and O–H groups in total. The van der Waals surface area contributed by atoms with E-state index in [1.54, 1.807) is 6.07 Å². The average Bonchev–Trinajstić information content (AvgIpc) is 2.64. The van der Waals surface area contributed by atoms with Crippen LogP contribution < -0.4 is 10.9 Å². The van der Waals surface area contributed by atoms with Crippen molar-refractivity contribution in [3.8, 4) is 0 Å². The Morgan fingerprint density at radius 2 is 1.72 bits per heavy atom. The van der Waals surface area contributed by atoms with E-state index in [1.165, 1.54) is 4.68 Å². The van der Waals surface area contributed by atoms with Crippen molar-refractivity contribution < 1.29 is 4.79 Å². The smallest absolute Gasteiger partial charge is 0.275 e. The zero-order valence-electron chi connectivity index (χ0n) is 14.4. The lowest BCUT2D eigenvalue weighted by Gasteiger charge is -2.18. The maximum Gasteiger partial charge on any atom is 0.275 e. The van der Waals surface area contributed by atoms with Crippen molar-refractivity contribution in [3.63, 3.8) is 0 Å². The SMILES string of the molecule is CC[C@@H](NC(=O)Cn1nc(C)c2ccccc2c1=O)c1ccccc1. The van der Waals surface area contributed by atoms with Crippen LogP contribution in [0, 0.1) is 6.92 Å². The van der Waals surface area contributed by atoms with E-state index in [1.807, 2.05) is 62.4 Å². The lowest BCUT2D eigenvalue weighted by Crippen LogP contribution is -2.36. The number of hydrogen-bond donors (Lipinski definition) is 1. The maximum atomic E-state index is 12.6. The van der Waals surface area contributed by atoms with Gasteiger partial charge in [0.05, 0.1) is 17.1 Å². The molecule has 0 saturated heterocycles. The molecule has 3 aromatic rings. The molecule has 1 heterocycles. The van der Waals surface area contributed by atoms with Crippen LogP contribution in [0.3, 0.4) is 0 Å². The predicted octanol–water partition coefficient (Wildman–Crippen LogP) is 2.97. The zero-order chi connectivity index (χ0) is 17.8. The molecule has 0 radical (unpaired) electrons. The fraction of sp³-hybridized carbons (Fsp3) is 0.250. The van der Waals surface area contributed by atoms with Gasteiger partial charge in [-0.1, -0.05) is 55.5 Å². The normalized spacial score (nSPS) is 12.1. The minimum absolute atomic E-state index is 0.0778. The predicted molar refractivity (Wildman–Crippen MR) is 98.4 cm³/mol. The molecule has 2 aromatic carbocycles. The molecule has 0 saturated carbocycles. The number of carbonyl (C=O) groups excluding carboxylic acids is 1. The van der Waals surface area contributed by atoms with Crippen molar-refractivity contribution in [2.24, 2.45) is 0 Å². The van der Waals surface area contributed by atoms with Gasteiger partial charge in [-0.2, -0.15) is 5.10 Å². The number of carbonyl (C=O) groups is 1. The minimum atomic E-state index is -0.246. The lowest BCUT2D eigenvalue weighted by molar-refractivity contribution is -0.122. The molecule has 0 fully saturated rings. The van der Waals surface area contributed by atoms with Gasteiger partial charge in [-0.25, -0.2) is 4.68 Å². The van der Waals surface area contributed by atoms with Crippen LogP contribution in [-0.2, 0) is 11.3 Å². The number of hydrogen-bond acceptors (Lipinski definition) is 3. The van der Waals surface area contributed by atoms with Crippen molar-refractivity contribution in [2.75, 3.05) is 0 Å². The van der Waals surface area contributed by atoms with Gasteiger partial charge in [-0.05, 0) is 25.0 Å². The van der Waals surface area contributed by atoms with Crippen LogP contribution in [0.5, 0.6) is 0 Å². The first-order valence-corrected chi connectivity index (χ1v) is 8.41. The van der Waals surface area contributed by atoms with Crippen molar-refractivity contribution in [1.29, 1.82) is 0 Å². The monoisotopic (exact) mass is 335 g/mol. The molecule has 128 valence electrons. The van der Waals surface area contributed by atoms with E-state index in [4.69, 9.17) is 0 Å². The Morgan fingerprint density at radius 3 is 2.40 bits per heavy atom. The number of benzene rings is 2. The van der Waals surface area contributed by atoms with Crippen LogP contribution >= 0.6 is 0 Å². The summed E-state index contributed by atoms with van der Waals surface area (Å²) in [5.74, 6) is -0.222. The Balaban J connectivity index is 1.82. The number of rotatable bonds is 5. The molecule has 0 aliphatic rings. The zero-order valence-corrected chi connectivity index (χ0v) is 14.4. The summed E-state index contributed by atoms with van der Waals surface area (Å²) in [6.07, 6.45) is 0.773. The molecular weight excluding hydrogens is 314 g/mol. The Kier molecular flexibility index (Phi) is 4.93. The average molecular weight is 335 g/mol. The van der Waals surface area contributed by atoms with E-state index in [-0.39, 0.29) is 24.1 Å². The molecule has 25 heavy (non-hydrogen) atoms. The summed E-state index contributed by atoms with van der Waals surface area (Å²) < 4.78 is 1.24. The molecule has 0 spiro atoms. The van der Waals surface area contributed by atoms with Gasteiger partial charge in [0.1, 0.15) is 6.54 Å². The van der Waals surface area contributed by atoms with Crippen LogP contribution in [0.15, 0.2) is 59.4 Å². The van der Waals surface area contributed by atoms with Crippen LogP contribution in [-0.4, -0.2) is 15.7 Å². The Morgan fingerprint density at radius 1 is 1.08 bits per heavy atom. The standard InChI is InChI=1S/C20H21N3O2/c1-3-18(15-9-5-4-6-10-15)21-19(24)13-23-20(25)17-12-8-7-11-16(17)14(2)22-23/h4-12,18H,3,13H2,1-2H3,(H,21,24)/t18-/m1/s1. The first kappa shape index (κ1) is 16.9. The third kappa shape index (κ3) is 3.60. The van der Waals surface area contributed by atoms with Crippen molar-refractivity contribution in [1.82, 2.24) is 15.1 Å². The quantitative estimate of drug-likeness (QED) is 0.779. The third-order valence-electron chi connectivity index (χ3n) is 4.29. The molecule has 0 bridgehead atoms. The second kappa shape index (κ2) is 7.30. The summed E-state index contributed by atoms with van der Waals surface area (Å²) in [7, 11) is 0. The summed E-state index contributed by atoms with van der Waals surface area (Å²) >= 11 is 0. The number of aryl methyl sites for hydroxylation is 1. The van der Waals surface area contributed by atoms with Crippen LogP contribution in [0.1, 0.15) is 30.6 Å². The number of nitrogens with zero attached hydrogens (tertiary/aromatic N) is 2. The highest BCUT2D eigenvalue weighted by molar-refractivity contribution is 5.83. The number of aromatic nitrogens is 2. The van der Waals surface area contributed by atoms with Gasteiger partial charge in [0.2, 0.25) is 5.91 Å². The molecule has 5 nitrogen and oxygen atoms in total. The summed E-state index contributed by atoms with van der Waals surface area (Å²) in [4.78, 5) is 25.0. The summed E-state index contributed by atoms with van der Waals surface area (Å²) in [6.45, 7) is 3.77. The fourth-order valence-corrected chi connectivity index (χ4v) is 2.99. The van der Waals surface area contributed by atoms with Gasteiger partial charge in [-0.15, -0.1) is 0 Å². The van der Waals surface area contributed by atoms with E-state index in [0.717, 1.165) is 23.1 Å². The first-order chi connectivity index (χ1) is 12.1. The van der Waals surface area contributed by atoms with Gasteiger partial charge in [-0.3, -0.25) is 9.59 Å². The molecule has 1 atom stereocenters. The molecular formula is C20H21N3O2. The second-order valence-corrected chi connectivity index (χ2v) is 6.03. The van der Waals surface area contributed by atoms with Gasteiger partial charge < -0.3 is 5.32 Å². The Bertz CT molecular complexity index is 948. The Labute approximate surface area is 146 Å². The van der Waals surface area contributed by atoms with Crippen LogP contribution in [0.4, 0.5) is 0 Å². The molecule has 3 rings (SSSR count). The third-order valence-corrected chi connectivity index (χ3v) is 4.29. The number of amides is 1. The van der Waals surface area contributed by atoms with Crippen molar-refractivity contribution >= 4 is 16.7 Å². The summed E-state index contributed by atoms with van der Waals surface area (Å²) in [5.41, 5.74) is 1.54. The molecule has 0 aliphatic carbocycles. The van der Waals surface area contributed by atoms with Gasteiger partial charge >= 0.3 is 0 Å². The highest BCUT2D eigenvalue weighted by atomic mass is 16.2. The van der Waals surface area contributed by atoms with E-state index >= 15 is 0 Å². The van der Waals surface area contributed by atoms with Gasteiger partial charge in [0, 0.05) is 5.39 Å². The second-order valence-electron chi connectivity index (χ2n) is 6.03. The topological polar surface area (TPSA) is 64.0 Å². The highest BCUT2D eigenvalue weighted by Crippen LogP contribution is 2.16. The fourth-order valence-electron chi connectivity index (χ4n) is 2.99. The number of fused-ring (bicyclic) bond motifs is 1. The minimum Gasteiger partial charge on any atom is -0.348 e. The maximum absolute atomic E-state index is 12.6. The Hall–Kier alpha value is -2.95. The van der Waals surface area contributed by atoms with E-state index in [0.29, 0.717) is 5.39 Å². The molecule has 5 heteroatoms. The first-order valence-electron chi connectivity index (χ1n) is 8.41. The summed E-state index contributed by atoms with van der Waals surface area (Å²) in [5, 5.41) is 8.68. The van der Waals surface area contributed by atoms with Crippen molar-refractivity contribution in [2.45, 2.75) is 32.9 Å². The van der Waals surface area contributed by atoms with E-state index < -0.39 is 0 Å². The van der Waals surface area contributed by atoms with Gasteiger partial charge in [0.15, 0.2) is 0 Å². The van der Waals surface area contributed by atoms with Crippen LogP contribution in [0.25, 0.3) is 10.8 Å². The van der Waals surface area contributed by atoms with E-state index in [2.05, 4.69) is 10.4 Å². The summed E-state index contributed by atoms with van der Waals surface area (Å²) in [6, 6.07) is 17.1. The molecule has 0 aliphatic heterocycles. The molecule has 1 amide bonds. The largest absolute Gasteiger partial charge is 0.348 e. The lowest BCUT2D eigenvalue weighted by atomic mass is 10.0. The number of nitrogens with one attached hydrogen (secondary N) is 1. The molecule has 1 aromatic heterocycles. The van der Waals surface area contributed by atoms with E-state index in [9.17, 15) is 9.59 Å². The molecule has 0 unspecified atom stereocenters. The van der Waals surface area contributed by atoms with Gasteiger partial charge in [0.25, 0.3) is 5.56 Å². The highest BCUT2D eigenvalue weighted by Gasteiger charge is 2.15.